The number of piperazine rings is 1. The number of nitrogens with zero attached hydrogens (tertiary/aromatic N) is 4. The van der Waals surface area contributed by atoms with Crippen molar-refractivity contribution in [1.29, 1.82) is 0 Å². The van der Waals surface area contributed by atoms with Crippen LogP contribution in [0.4, 0.5) is 5.95 Å². The summed E-state index contributed by atoms with van der Waals surface area (Å²) in [6.07, 6.45) is 1.63. The summed E-state index contributed by atoms with van der Waals surface area (Å²) in [5.74, 6) is -1.06. The second-order valence-corrected chi connectivity index (χ2v) is 9.77. The van der Waals surface area contributed by atoms with Crippen LogP contribution in [0.1, 0.15) is 21.6 Å². The number of aromatic amines is 1. The van der Waals surface area contributed by atoms with Crippen LogP contribution in [-0.2, 0) is 19.1 Å². The number of hydrogen-bond donors (Lipinski definition) is 2. The highest BCUT2D eigenvalue weighted by Gasteiger charge is 2.36. The van der Waals surface area contributed by atoms with Crippen molar-refractivity contribution in [1.82, 2.24) is 25.2 Å². The molecule has 204 valence electrons. The molecule has 0 spiro atoms. The van der Waals surface area contributed by atoms with Crippen molar-refractivity contribution < 1.29 is 23.9 Å². The van der Waals surface area contributed by atoms with Crippen molar-refractivity contribution in [2.24, 2.45) is 0 Å². The van der Waals surface area contributed by atoms with Gasteiger partial charge in [0.1, 0.15) is 6.61 Å². The number of carbonyl (C=O) groups is 3. The lowest BCUT2D eigenvalue weighted by atomic mass is 9.96. The number of H-pyrrole nitrogens is 1. The van der Waals surface area contributed by atoms with E-state index in [9.17, 15) is 14.4 Å². The predicted molar refractivity (Wildman–Crippen MR) is 150 cm³/mol. The van der Waals surface area contributed by atoms with Crippen molar-refractivity contribution in [3.8, 4) is 0 Å². The van der Waals surface area contributed by atoms with Crippen LogP contribution in [0.25, 0.3) is 33.0 Å². The van der Waals surface area contributed by atoms with Gasteiger partial charge in [0, 0.05) is 55.8 Å². The lowest BCUT2D eigenvalue weighted by Gasteiger charge is -2.32. The first-order chi connectivity index (χ1) is 19.5. The minimum Gasteiger partial charge on any atom is -0.460 e. The smallest absolute Gasteiger partial charge is 0.340 e. The van der Waals surface area contributed by atoms with Gasteiger partial charge in [-0.1, -0.05) is 30.3 Å². The molecule has 0 saturated carbocycles. The van der Waals surface area contributed by atoms with E-state index in [0.29, 0.717) is 44.6 Å². The number of anilines is 1. The molecule has 11 heteroatoms. The number of aromatic nitrogens is 3. The number of carbonyl (C=O) groups excluding carboxylic acids is 3. The van der Waals surface area contributed by atoms with Gasteiger partial charge >= 0.3 is 5.97 Å². The summed E-state index contributed by atoms with van der Waals surface area (Å²) in [6.45, 7) is 3.61. The molecule has 2 N–H and O–H groups in total. The molecule has 0 radical (unpaired) electrons. The van der Waals surface area contributed by atoms with E-state index < -0.39 is 17.8 Å². The molecular formula is C29H28N6O5. The summed E-state index contributed by atoms with van der Waals surface area (Å²) >= 11 is 0. The maximum absolute atomic E-state index is 13.4. The monoisotopic (exact) mass is 540 g/mol. The maximum atomic E-state index is 13.4. The fraction of sp³-hybridized carbons (Fsp3) is 0.276. The van der Waals surface area contributed by atoms with Gasteiger partial charge in [-0.05, 0) is 19.2 Å². The van der Waals surface area contributed by atoms with E-state index in [1.807, 2.05) is 24.3 Å². The summed E-state index contributed by atoms with van der Waals surface area (Å²) in [7, 11) is 3.60. The van der Waals surface area contributed by atoms with E-state index in [2.05, 4.69) is 27.1 Å². The lowest BCUT2D eigenvalue weighted by molar-refractivity contribution is -0.122. The van der Waals surface area contributed by atoms with Crippen LogP contribution in [0.5, 0.6) is 0 Å². The highest BCUT2D eigenvalue weighted by Crippen LogP contribution is 2.37. The van der Waals surface area contributed by atoms with Gasteiger partial charge in [-0.2, -0.15) is 0 Å². The molecule has 2 aliphatic rings. The first-order valence-corrected chi connectivity index (χ1v) is 13.0. The van der Waals surface area contributed by atoms with Gasteiger partial charge in [-0.25, -0.2) is 14.8 Å². The third kappa shape index (κ3) is 4.48. The number of methoxy groups -OCH3 is 1. The number of imide groups is 1. The first kappa shape index (κ1) is 25.7. The number of nitrogens with one attached hydrogen (secondary N) is 2. The molecule has 2 aromatic heterocycles. The molecule has 1 saturated heterocycles. The molecule has 0 atom stereocenters. The molecule has 6 rings (SSSR count). The summed E-state index contributed by atoms with van der Waals surface area (Å²) in [5, 5.41) is 3.73. The summed E-state index contributed by atoms with van der Waals surface area (Å²) < 4.78 is 10.3. The van der Waals surface area contributed by atoms with Crippen LogP contribution in [0, 0.1) is 0 Å². The quantitative estimate of drug-likeness (QED) is 0.206. The van der Waals surface area contributed by atoms with Crippen LogP contribution in [0.2, 0.25) is 0 Å². The third-order valence-electron chi connectivity index (χ3n) is 7.27. The van der Waals surface area contributed by atoms with Crippen LogP contribution in [0.15, 0.2) is 48.7 Å². The van der Waals surface area contributed by atoms with E-state index in [0.717, 1.165) is 26.2 Å². The minimum atomic E-state index is -0.530. The Morgan fingerprint density at radius 2 is 1.68 bits per heavy atom. The number of amides is 2. The van der Waals surface area contributed by atoms with Crippen molar-refractivity contribution in [3.05, 3.63) is 65.5 Å². The zero-order chi connectivity index (χ0) is 27.8. The van der Waals surface area contributed by atoms with E-state index in [4.69, 9.17) is 19.4 Å². The Hall–Kier alpha value is -4.61. The Labute approximate surface area is 229 Å². The van der Waals surface area contributed by atoms with Crippen LogP contribution in [0.3, 0.4) is 0 Å². The number of rotatable bonds is 7. The molecule has 2 amide bonds. The SMILES string of the molecule is COCCOC(=O)c1cccc2c(C3=C(c4nc(N5CCN(C)CC5)nc5ccccc45)C(=O)NC3=O)c[nH]c12. The lowest BCUT2D eigenvalue weighted by Crippen LogP contribution is -2.45. The largest absolute Gasteiger partial charge is 0.460 e. The molecule has 2 aliphatic heterocycles. The van der Waals surface area contributed by atoms with Gasteiger partial charge in [-0.15, -0.1) is 0 Å². The maximum Gasteiger partial charge on any atom is 0.340 e. The number of fused-ring (bicyclic) bond motifs is 2. The van der Waals surface area contributed by atoms with E-state index in [-0.39, 0.29) is 24.4 Å². The second-order valence-electron chi connectivity index (χ2n) is 9.77. The summed E-state index contributed by atoms with van der Waals surface area (Å²) in [5.41, 5.74) is 2.75. The molecule has 0 bridgehead atoms. The molecule has 0 unspecified atom stereocenters. The highest BCUT2D eigenvalue weighted by molar-refractivity contribution is 6.50. The fourth-order valence-electron chi connectivity index (χ4n) is 5.17. The zero-order valence-corrected chi connectivity index (χ0v) is 22.2. The predicted octanol–water partition coefficient (Wildman–Crippen LogP) is 2.23. The van der Waals surface area contributed by atoms with Crippen molar-refractivity contribution in [2.75, 3.05) is 58.5 Å². The van der Waals surface area contributed by atoms with Gasteiger partial charge in [-0.3, -0.25) is 14.9 Å². The standard InChI is InChI=1S/C29H28N6O5/c1-34-10-12-35(13-11-34)29-31-21-9-4-3-6-18(21)25(32-29)23-22(26(36)33-27(23)37)20-16-30-24-17(20)7-5-8-19(24)28(38)40-15-14-39-2/h3-9,16,30H,10-15H2,1-2H3,(H,33,36,37). The molecule has 40 heavy (non-hydrogen) atoms. The Kier molecular flexibility index (Phi) is 6.74. The van der Waals surface area contributed by atoms with Gasteiger partial charge < -0.3 is 24.3 Å². The molecule has 4 aromatic rings. The average molecular weight is 541 g/mol. The van der Waals surface area contributed by atoms with Crippen LogP contribution < -0.4 is 10.2 Å². The molecule has 4 heterocycles. The number of ether oxygens (including phenoxy) is 2. The summed E-state index contributed by atoms with van der Waals surface area (Å²) in [4.78, 5) is 56.5. The fourth-order valence-corrected chi connectivity index (χ4v) is 5.17. The second kappa shape index (κ2) is 10.5. The van der Waals surface area contributed by atoms with Crippen molar-refractivity contribution in [3.63, 3.8) is 0 Å². The normalized spacial score (nSPS) is 16.3. The molecule has 2 aromatic carbocycles. The Balaban J connectivity index is 1.51. The number of hydrogen-bond acceptors (Lipinski definition) is 9. The first-order valence-electron chi connectivity index (χ1n) is 13.0. The molecule has 0 aliphatic carbocycles. The van der Waals surface area contributed by atoms with Gasteiger partial charge in [0.05, 0.1) is 40.0 Å². The van der Waals surface area contributed by atoms with E-state index in [1.54, 1.807) is 24.4 Å². The van der Waals surface area contributed by atoms with Gasteiger partial charge in [0.15, 0.2) is 0 Å². The van der Waals surface area contributed by atoms with E-state index in [1.165, 1.54) is 7.11 Å². The Morgan fingerprint density at radius 1 is 0.925 bits per heavy atom. The van der Waals surface area contributed by atoms with E-state index >= 15 is 0 Å². The van der Waals surface area contributed by atoms with Crippen LogP contribution >= 0.6 is 0 Å². The third-order valence-corrected chi connectivity index (χ3v) is 7.27. The Bertz CT molecular complexity index is 1690. The van der Waals surface area contributed by atoms with Gasteiger partial charge in [0.2, 0.25) is 5.95 Å². The molecule has 1 fully saturated rings. The van der Waals surface area contributed by atoms with Crippen molar-refractivity contribution >= 4 is 56.7 Å². The average Bonchev–Trinajstić information content (AvgIpc) is 3.52. The van der Waals surface area contributed by atoms with Crippen molar-refractivity contribution in [2.45, 2.75) is 0 Å². The number of esters is 1. The van der Waals surface area contributed by atoms with Crippen LogP contribution in [-0.4, -0.2) is 91.2 Å². The molecular weight excluding hydrogens is 512 g/mol. The van der Waals surface area contributed by atoms with Gasteiger partial charge in [0.25, 0.3) is 11.8 Å². The molecule has 11 nitrogen and oxygen atoms in total. The zero-order valence-electron chi connectivity index (χ0n) is 22.2. The number of para-hydroxylation sites is 2. The number of benzene rings is 2. The highest BCUT2D eigenvalue weighted by atomic mass is 16.6. The summed E-state index contributed by atoms with van der Waals surface area (Å²) in [6, 6.07) is 12.6. The Morgan fingerprint density at radius 3 is 2.48 bits per heavy atom. The number of likely N-dealkylation sites (N-methyl/N-ethyl adjacent to an activating group) is 1. The topological polar surface area (TPSA) is 130 Å². The minimum absolute atomic E-state index is 0.113.